The molecule has 5 aromatic carbocycles. The third-order valence-corrected chi connectivity index (χ3v) is 32.5. The molecule has 0 radical (unpaired) electrons. The molecule has 2 aromatic heterocycles. The van der Waals surface area contributed by atoms with Crippen LogP contribution < -0.4 is 38.5 Å². The van der Waals surface area contributed by atoms with E-state index in [1.165, 1.54) is 73.1 Å². The van der Waals surface area contributed by atoms with Gasteiger partial charge in [-0.2, -0.15) is 9.97 Å². The second-order valence-corrected chi connectivity index (χ2v) is 43.6. The molecule has 752 valence electrons. The van der Waals surface area contributed by atoms with Gasteiger partial charge in [0.15, 0.2) is 0 Å². The van der Waals surface area contributed by atoms with Crippen LogP contribution in [0.25, 0.3) is 0 Å². The molecular weight excluding hydrogens is 1860 g/mol. The Kier molecular flexibility index (Phi) is 34.4. The van der Waals surface area contributed by atoms with Gasteiger partial charge in [-0.15, -0.1) is 40.8 Å². The average molecular weight is 2000 g/mol. The Morgan fingerprint density at radius 2 is 0.734 bits per heavy atom. The molecule has 9 atom stereocenters. The van der Waals surface area contributed by atoms with Crippen LogP contribution in [0.5, 0.6) is 0 Å². The molecule has 0 spiro atoms. The van der Waals surface area contributed by atoms with Crippen LogP contribution in [0.4, 0.5) is 23.8 Å². The van der Waals surface area contributed by atoms with Gasteiger partial charge in [-0.3, -0.25) is 29.4 Å². The number of likely N-dealkylation sites (tertiary alicyclic amines) is 5. The number of fused-ring (bicyclic) bond motifs is 1. The molecule has 0 saturated carbocycles. The summed E-state index contributed by atoms with van der Waals surface area (Å²) in [6.07, 6.45) is 23.2. The Morgan fingerprint density at radius 1 is 0.381 bits per heavy atom. The maximum atomic E-state index is 10.2. The smallest absolute Gasteiger partial charge is 0.246 e. The number of ether oxygens (including phenoxy) is 3. The van der Waals surface area contributed by atoms with Gasteiger partial charge < -0.3 is 72.5 Å². The third-order valence-electron chi connectivity index (χ3n) is 31.3. The van der Waals surface area contributed by atoms with Gasteiger partial charge in [-0.1, -0.05) is 119 Å². The van der Waals surface area contributed by atoms with E-state index in [4.69, 9.17) is 101 Å². The van der Waals surface area contributed by atoms with E-state index in [-0.39, 0.29) is 23.4 Å². The lowest BCUT2D eigenvalue weighted by atomic mass is 9.86. The monoisotopic (exact) mass is 2000 g/mol. The zero-order valence-corrected chi connectivity index (χ0v) is 85.5. The number of aromatic amines is 2. The van der Waals surface area contributed by atoms with Crippen LogP contribution in [0.15, 0.2) is 152 Å². The molecule has 139 heavy (non-hydrogen) atoms. The summed E-state index contributed by atoms with van der Waals surface area (Å²) in [5, 5.41) is 52.7. The average Bonchev–Trinajstić information content (AvgIpc) is 1.68. The summed E-state index contributed by atoms with van der Waals surface area (Å²) >= 11 is 30.3. The highest BCUT2D eigenvalue weighted by atomic mass is 35.5. The van der Waals surface area contributed by atoms with Crippen LogP contribution >= 0.6 is 58.0 Å². The number of aliphatic hydroxyl groups is 1. The van der Waals surface area contributed by atoms with E-state index in [9.17, 15) is 5.11 Å². The van der Waals surface area contributed by atoms with Crippen molar-refractivity contribution in [2.24, 2.45) is 47.8 Å². The number of hydrogen-bond donors (Lipinski definition) is 8. The van der Waals surface area contributed by atoms with Crippen molar-refractivity contribution in [1.82, 2.24) is 74.5 Å². The fourth-order valence-corrected chi connectivity index (χ4v) is 24.7. The van der Waals surface area contributed by atoms with Gasteiger partial charge in [0, 0.05) is 203 Å². The minimum Gasteiger partial charge on any atom is -0.392 e. The minimum atomic E-state index is -0.238. The van der Waals surface area contributed by atoms with Gasteiger partial charge in [0.1, 0.15) is 35.0 Å². The number of aromatic nitrogens is 6. The highest BCUT2D eigenvalue weighted by Gasteiger charge is 2.48. The van der Waals surface area contributed by atoms with Crippen molar-refractivity contribution in [2.45, 2.75) is 272 Å². The summed E-state index contributed by atoms with van der Waals surface area (Å²) in [5.74, 6) is 7.10. The predicted octanol–water partition coefficient (Wildman–Crippen LogP) is 12.8. The van der Waals surface area contributed by atoms with Crippen LogP contribution in [-0.4, -0.2) is 336 Å². The lowest BCUT2D eigenvalue weighted by Gasteiger charge is -2.53. The molecule has 32 nitrogen and oxygen atoms in total. The highest BCUT2D eigenvalue weighted by molar-refractivity contribution is 6.31. The highest BCUT2D eigenvalue weighted by Crippen LogP contribution is 2.40. The summed E-state index contributed by atoms with van der Waals surface area (Å²) in [6, 6.07) is 46.9. The van der Waals surface area contributed by atoms with Crippen LogP contribution in [0.3, 0.4) is 0 Å². The number of benzene rings is 5. The van der Waals surface area contributed by atoms with Gasteiger partial charge in [0.2, 0.25) is 23.8 Å². The molecule has 3 unspecified atom stereocenters. The summed E-state index contributed by atoms with van der Waals surface area (Å²) in [6.45, 7) is 29.2. The van der Waals surface area contributed by atoms with Crippen molar-refractivity contribution >= 4 is 117 Å². The first-order valence-electron chi connectivity index (χ1n) is 50.6. The number of piperidine rings is 5. The number of piperazine rings is 1. The number of nitrogens with one attached hydrogen (secondary N) is 2. The van der Waals surface area contributed by atoms with Crippen LogP contribution in [0.2, 0.25) is 25.1 Å². The van der Waals surface area contributed by atoms with Gasteiger partial charge in [-0.25, -0.2) is 10.2 Å². The van der Waals surface area contributed by atoms with Crippen molar-refractivity contribution in [2.75, 3.05) is 146 Å². The molecule has 0 bridgehead atoms. The standard InChI is InChI=1S/C22H31ClN6.C22H32ClN5O.C21H30ClN5O.C19H27ClN6O.C18H25ClN6O/c23-17-5-3-16(4-6-17)12-20-14-28-9-1-2-19(28)15-29(20)18-7-10-27(11-8-18)22-13-21(24)25-26-22;1-15-14-28(18-8-10-27(11-9-18)21-13-20(24)25-26-21)19(22(2,3)29-15)12-16-4-6-17(23)7-5-16;1-21(2)18(13-15-3-5-16(22)6-4-15)27(11-12-28-21)17-7-9-26(10-8-17)20-14-19(23)24-25-20;1-27-17-11-16(10-13-2-4-14(20)5-3-13)26(12-17)15-6-8-25(9-7-15)19-22-18(21)23-24-19;19-13-3-1-12(2-4-13)9-15-10-16(26)11-25(15)14-5-7-24(8-6-14)18-21-17(20)22-23-18/h3-6,18-20H,1-2,7-15H2,(H2,24,25);4-7,15,18-19H,8-14H2,1-3H3,(H2,24,25);3-6,17-18H,7-14H2,1-2H3,(H2,23,24);2-5,15-17H,6-12H2,1H3,(H3,21,22,23,24);1-4,14-16,26H,5-11H2,(H3,20,21,22,23)/t19-,20?;15-,19?;;16-,17+;15-,16+/m00.00/s1. The van der Waals surface area contributed by atoms with E-state index in [0.29, 0.717) is 127 Å². The molecule has 37 heteroatoms. The van der Waals surface area contributed by atoms with Gasteiger partial charge in [0.05, 0.1) is 55.4 Å². The van der Waals surface area contributed by atoms with E-state index in [1.54, 1.807) is 0 Å². The number of morpholine rings is 2. The maximum absolute atomic E-state index is 10.2. The number of methoxy groups -OCH3 is 1. The van der Waals surface area contributed by atoms with Crippen molar-refractivity contribution < 1.29 is 19.3 Å². The number of hydrogen-bond acceptors (Lipinski definition) is 30. The van der Waals surface area contributed by atoms with Crippen LogP contribution in [0, 0.1) is 0 Å². The maximum Gasteiger partial charge on any atom is 0.246 e. The Morgan fingerprint density at radius 3 is 1.12 bits per heavy atom. The van der Waals surface area contributed by atoms with E-state index in [2.05, 4.69) is 210 Å². The molecule has 7 aromatic rings. The molecule has 14 aliphatic rings. The number of nitrogens with zero attached hydrogens (tertiary/aromatic N) is 21. The van der Waals surface area contributed by atoms with E-state index < -0.39 is 0 Å². The zero-order chi connectivity index (χ0) is 97.0. The molecular formula is C102H145Cl5N28O4. The van der Waals surface area contributed by atoms with Gasteiger partial charge >= 0.3 is 0 Å². The molecule has 21 rings (SSSR count). The van der Waals surface area contributed by atoms with E-state index >= 15 is 0 Å². The number of nitrogen functional groups attached to an aromatic ring is 2. The Hall–Kier alpha value is -8.55. The van der Waals surface area contributed by atoms with Crippen molar-refractivity contribution in [3.63, 3.8) is 0 Å². The third kappa shape index (κ3) is 26.7. The Bertz CT molecular complexity index is 5300. The second kappa shape index (κ2) is 46.9. The number of amidine groups is 6. The molecule has 11 fully saturated rings. The molecule has 11 saturated heterocycles. The van der Waals surface area contributed by atoms with Gasteiger partial charge in [-0.05, 0) is 252 Å². The first-order valence-corrected chi connectivity index (χ1v) is 52.5. The Labute approximate surface area is 845 Å². The summed E-state index contributed by atoms with van der Waals surface area (Å²) < 4.78 is 18.3. The number of H-pyrrole nitrogens is 2. The lowest BCUT2D eigenvalue weighted by molar-refractivity contribution is -0.176. The van der Waals surface area contributed by atoms with E-state index in [0.717, 1.165) is 243 Å². The normalized spacial score (nSPS) is 26.7. The van der Waals surface area contributed by atoms with Crippen LogP contribution in [-0.2, 0) is 46.3 Å². The van der Waals surface area contributed by atoms with Crippen molar-refractivity contribution in [3.8, 4) is 0 Å². The quantitative estimate of drug-likeness (QED) is 0.0395. The predicted molar refractivity (Wildman–Crippen MR) is 560 cm³/mol. The van der Waals surface area contributed by atoms with E-state index in [1.807, 2.05) is 67.8 Å². The molecule has 14 aliphatic heterocycles. The number of aliphatic hydroxyl groups excluding tert-OH is 1. The minimum absolute atomic E-state index is 0.174. The van der Waals surface area contributed by atoms with Crippen LogP contribution in [0.1, 0.15) is 172 Å². The Balaban J connectivity index is 0.000000120. The lowest BCUT2D eigenvalue weighted by Crippen LogP contribution is -2.64. The zero-order valence-electron chi connectivity index (χ0n) is 81.8. The summed E-state index contributed by atoms with van der Waals surface area (Å²) in [7, 11) is 1.82. The summed E-state index contributed by atoms with van der Waals surface area (Å²) in [4.78, 5) is 36.1. The SMILES string of the molecule is CC1(C)OCCN(C2CCN(C3=NN=C(N)C3)CC2)C1Cc1ccc(Cl)cc1.CO[C@@H]1C[C@H](Cc2ccc(Cl)cc2)N(C2CCN(c3n[nH]c(N)n3)CC2)C1.C[C@H]1CN(C2CCN(C3=NN=C(N)C3)CC2)C(Cc2ccc(Cl)cc2)C(C)(C)O1.NC1=NN=C(N2CCC(N3C[C@@H]4CCCN4CC3Cc3ccc(Cl)cc3)CC2)C1.Nc1nc(N2CCC(N3C[C@H](O)C[C@@H]3Cc3ccc(Cl)cc3)CC2)n[nH]1. The molecule has 16 heterocycles. The number of β-amino-alcohol motifs (C(OH)–C–C–N with tert-alkyl or cyclic N) is 1. The number of halogens is 5. The fourth-order valence-electron chi connectivity index (χ4n) is 24.0. The molecule has 0 amide bonds. The molecule has 13 N–H and O–H groups in total. The number of anilines is 4. The topological polar surface area (TPSA) is 371 Å². The number of nitrogens with two attached hydrogens (primary N) is 5. The molecule has 0 aliphatic carbocycles. The fraction of sp³-hybridized carbons (Fsp3) is 0.608. The van der Waals surface area contributed by atoms with Crippen molar-refractivity contribution in [3.05, 3.63) is 174 Å². The summed E-state index contributed by atoms with van der Waals surface area (Å²) in [5.41, 5.74) is 34.9. The second-order valence-electron chi connectivity index (χ2n) is 41.4. The first-order chi connectivity index (χ1) is 67.1. The largest absolute Gasteiger partial charge is 0.392 e. The number of rotatable bonds is 18. The van der Waals surface area contributed by atoms with Crippen molar-refractivity contribution in [1.29, 1.82) is 0 Å². The van der Waals surface area contributed by atoms with Gasteiger partial charge in [0.25, 0.3) is 0 Å². The first kappa shape index (κ1) is 102.